The molecule has 0 atom stereocenters. The highest BCUT2D eigenvalue weighted by Crippen LogP contribution is 2.27. The molecular weight excluding hydrogens is 435 g/mol. The van der Waals surface area contributed by atoms with Gasteiger partial charge < -0.3 is 15.4 Å². The zero-order chi connectivity index (χ0) is 22.1. The summed E-state index contributed by atoms with van der Waals surface area (Å²) >= 11 is 11.9. The number of halogens is 2. The van der Waals surface area contributed by atoms with Crippen molar-refractivity contribution in [2.24, 2.45) is 0 Å². The Bertz CT molecular complexity index is 1040. The van der Waals surface area contributed by atoms with Crippen LogP contribution in [-0.2, 0) is 16.0 Å². The second-order valence-corrected chi connectivity index (χ2v) is 7.71. The molecule has 0 bridgehead atoms. The maximum absolute atomic E-state index is 12.2. The quantitative estimate of drug-likeness (QED) is 0.389. The molecule has 0 radical (unpaired) electrons. The molecule has 0 saturated heterocycles. The standard InChI is InChI=1S/C24H22Cl2N2O3/c25-18-11-12-22(21(26)15-18)31-13-5-10-23(29)27-19-8-4-9-20(16-19)28-24(30)14-17-6-2-1-3-7-17/h1-4,6-9,11-12,15-16H,5,10,13-14H2,(H,27,29)(H,28,30). The molecule has 160 valence electrons. The molecule has 0 heterocycles. The molecule has 7 heteroatoms. The minimum Gasteiger partial charge on any atom is -0.492 e. The third kappa shape index (κ3) is 7.63. The van der Waals surface area contributed by atoms with Crippen molar-refractivity contribution in [1.29, 1.82) is 0 Å². The minimum absolute atomic E-state index is 0.118. The van der Waals surface area contributed by atoms with Gasteiger partial charge in [-0.25, -0.2) is 0 Å². The van der Waals surface area contributed by atoms with Gasteiger partial charge in [-0.05, 0) is 48.4 Å². The summed E-state index contributed by atoms with van der Waals surface area (Å²) in [6.45, 7) is 0.352. The molecule has 3 aromatic carbocycles. The van der Waals surface area contributed by atoms with Crippen molar-refractivity contribution < 1.29 is 14.3 Å². The lowest BCUT2D eigenvalue weighted by molar-refractivity contribution is -0.116. The van der Waals surface area contributed by atoms with E-state index < -0.39 is 0 Å². The number of hydrogen-bond acceptors (Lipinski definition) is 3. The molecule has 0 spiro atoms. The third-order valence-electron chi connectivity index (χ3n) is 4.34. The second-order valence-electron chi connectivity index (χ2n) is 6.87. The van der Waals surface area contributed by atoms with E-state index in [-0.39, 0.29) is 24.7 Å². The van der Waals surface area contributed by atoms with Gasteiger partial charge in [-0.3, -0.25) is 9.59 Å². The molecule has 31 heavy (non-hydrogen) atoms. The highest BCUT2D eigenvalue weighted by atomic mass is 35.5. The Balaban J connectivity index is 1.43. The maximum Gasteiger partial charge on any atom is 0.228 e. The van der Waals surface area contributed by atoms with E-state index in [1.165, 1.54) is 0 Å². The number of nitrogens with one attached hydrogen (secondary N) is 2. The van der Waals surface area contributed by atoms with Gasteiger partial charge >= 0.3 is 0 Å². The van der Waals surface area contributed by atoms with Crippen LogP contribution in [0.5, 0.6) is 5.75 Å². The van der Waals surface area contributed by atoms with Crippen molar-refractivity contribution in [3.8, 4) is 5.75 Å². The van der Waals surface area contributed by atoms with Crippen molar-refractivity contribution in [3.63, 3.8) is 0 Å². The lowest BCUT2D eigenvalue weighted by Gasteiger charge is -2.10. The normalized spacial score (nSPS) is 10.4. The summed E-state index contributed by atoms with van der Waals surface area (Å²) in [6.07, 6.45) is 1.10. The van der Waals surface area contributed by atoms with Crippen LogP contribution in [0.15, 0.2) is 72.8 Å². The van der Waals surface area contributed by atoms with E-state index in [4.69, 9.17) is 27.9 Å². The number of carbonyl (C=O) groups excluding carboxylic acids is 2. The Morgan fingerprint density at radius 3 is 2.23 bits per heavy atom. The first-order valence-corrected chi connectivity index (χ1v) is 10.6. The smallest absolute Gasteiger partial charge is 0.228 e. The Hall–Kier alpha value is -3.02. The molecule has 0 saturated carbocycles. The molecule has 0 aliphatic heterocycles. The summed E-state index contributed by atoms with van der Waals surface area (Å²) in [7, 11) is 0. The van der Waals surface area contributed by atoms with Crippen molar-refractivity contribution in [1.82, 2.24) is 0 Å². The van der Waals surface area contributed by atoms with E-state index in [0.717, 1.165) is 5.56 Å². The molecule has 3 aromatic rings. The Labute approximate surface area is 191 Å². The molecule has 0 aliphatic carbocycles. The van der Waals surface area contributed by atoms with Gasteiger partial charge in [0.1, 0.15) is 5.75 Å². The molecule has 2 N–H and O–H groups in total. The second kappa shape index (κ2) is 11.4. The van der Waals surface area contributed by atoms with Gasteiger partial charge in [-0.15, -0.1) is 0 Å². The van der Waals surface area contributed by atoms with Crippen LogP contribution < -0.4 is 15.4 Å². The molecule has 0 aliphatic rings. The molecule has 5 nitrogen and oxygen atoms in total. The lowest BCUT2D eigenvalue weighted by Crippen LogP contribution is -2.15. The fraction of sp³-hybridized carbons (Fsp3) is 0.167. The first-order valence-electron chi connectivity index (χ1n) is 9.81. The van der Waals surface area contributed by atoms with E-state index in [9.17, 15) is 9.59 Å². The van der Waals surface area contributed by atoms with Crippen molar-refractivity contribution in [3.05, 3.63) is 88.4 Å². The Kier molecular flexibility index (Phi) is 8.33. The summed E-state index contributed by atoms with van der Waals surface area (Å²) in [6, 6.07) is 21.6. The average Bonchev–Trinajstić information content (AvgIpc) is 2.73. The largest absolute Gasteiger partial charge is 0.492 e. The number of benzene rings is 3. The monoisotopic (exact) mass is 456 g/mol. The van der Waals surface area contributed by atoms with Crippen LogP contribution >= 0.6 is 23.2 Å². The Morgan fingerprint density at radius 1 is 0.806 bits per heavy atom. The van der Waals surface area contributed by atoms with Gasteiger partial charge in [0.2, 0.25) is 11.8 Å². The minimum atomic E-state index is -0.140. The highest BCUT2D eigenvalue weighted by molar-refractivity contribution is 6.35. The van der Waals surface area contributed by atoms with Gasteiger partial charge in [-0.1, -0.05) is 59.6 Å². The molecule has 3 rings (SSSR count). The Morgan fingerprint density at radius 2 is 1.52 bits per heavy atom. The summed E-state index contributed by atoms with van der Waals surface area (Å²) in [4.78, 5) is 24.4. The van der Waals surface area contributed by atoms with Crippen LogP contribution in [0, 0.1) is 0 Å². The number of carbonyl (C=O) groups is 2. The van der Waals surface area contributed by atoms with Crippen molar-refractivity contribution in [2.75, 3.05) is 17.2 Å². The zero-order valence-electron chi connectivity index (χ0n) is 16.7. The number of anilines is 2. The first kappa shape index (κ1) is 22.7. The molecule has 0 unspecified atom stereocenters. The van der Waals surface area contributed by atoms with Gasteiger partial charge in [-0.2, -0.15) is 0 Å². The summed E-state index contributed by atoms with van der Waals surface area (Å²) in [5.74, 6) is 0.275. The zero-order valence-corrected chi connectivity index (χ0v) is 18.2. The van der Waals surface area contributed by atoms with Gasteiger partial charge in [0.05, 0.1) is 18.1 Å². The van der Waals surface area contributed by atoms with Gasteiger partial charge in [0.25, 0.3) is 0 Å². The molecule has 0 aromatic heterocycles. The van der Waals surface area contributed by atoms with E-state index >= 15 is 0 Å². The van der Waals surface area contributed by atoms with Crippen LogP contribution in [0.1, 0.15) is 18.4 Å². The van der Waals surface area contributed by atoms with Crippen molar-refractivity contribution in [2.45, 2.75) is 19.3 Å². The van der Waals surface area contributed by atoms with Gasteiger partial charge in [0, 0.05) is 22.8 Å². The van der Waals surface area contributed by atoms with Gasteiger partial charge in [0.15, 0.2) is 0 Å². The molecule has 2 amide bonds. The average molecular weight is 457 g/mol. The number of ether oxygens (including phenoxy) is 1. The van der Waals surface area contributed by atoms with E-state index in [1.807, 2.05) is 30.3 Å². The van der Waals surface area contributed by atoms with Crippen LogP contribution in [-0.4, -0.2) is 18.4 Å². The number of hydrogen-bond donors (Lipinski definition) is 2. The predicted octanol–water partition coefficient (Wildman–Crippen LogP) is 5.97. The highest BCUT2D eigenvalue weighted by Gasteiger charge is 2.07. The van der Waals surface area contributed by atoms with Crippen LogP contribution in [0.2, 0.25) is 10.0 Å². The topological polar surface area (TPSA) is 67.4 Å². The van der Waals surface area contributed by atoms with Crippen molar-refractivity contribution >= 4 is 46.4 Å². The van der Waals surface area contributed by atoms with E-state index in [1.54, 1.807) is 42.5 Å². The van der Waals surface area contributed by atoms with Crippen LogP contribution in [0.25, 0.3) is 0 Å². The molecule has 0 fully saturated rings. The lowest BCUT2D eigenvalue weighted by atomic mass is 10.1. The summed E-state index contributed by atoms with van der Waals surface area (Å²) in [5, 5.41) is 6.66. The summed E-state index contributed by atoms with van der Waals surface area (Å²) < 4.78 is 5.59. The summed E-state index contributed by atoms with van der Waals surface area (Å²) in [5.41, 5.74) is 2.18. The van der Waals surface area contributed by atoms with Crippen LogP contribution in [0.4, 0.5) is 11.4 Å². The fourth-order valence-electron chi connectivity index (χ4n) is 2.89. The third-order valence-corrected chi connectivity index (χ3v) is 4.87. The van der Waals surface area contributed by atoms with E-state index in [0.29, 0.717) is 40.2 Å². The molecular formula is C24H22Cl2N2O3. The first-order chi connectivity index (χ1) is 15.0. The number of rotatable bonds is 9. The maximum atomic E-state index is 12.2. The SMILES string of the molecule is O=C(CCCOc1ccc(Cl)cc1Cl)Nc1cccc(NC(=O)Cc2ccccc2)c1. The predicted molar refractivity (Wildman–Crippen MR) is 125 cm³/mol. The van der Waals surface area contributed by atoms with Crippen LogP contribution in [0.3, 0.4) is 0 Å². The van der Waals surface area contributed by atoms with E-state index in [2.05, 4.69) is 10.6 Å². The number of amides is 2. The fourth-order valence-corrected chi connectivity index (χ4v) is 3.35.